The number of hydrogen-bond acceptors (Lipinski definition) is 5. The minimum Gasteiger partial charge on any atom is -0.397 e. The van der Waals surface area contributed by atoms with Crippen molar-refractivity contribution in [2.45, 2.75) is 31.7 Å². The Labute approximate surface area is 177 Å². The summed E-state index contributed by atoms with van der Waals surface area (Å²) < 4.78 is 0. The highest BCUT2D eigenvalue weighted by molar-refractivity contribution is 7.21. The lowest BCUT2D eigenvalue weighted by Crippen LogP contribution is -2.22. The van der Waals surface area contributed by atoms with E-state index in [4.69, 9.17) is 10.7 Å². The molecule has 1 unspecified atom stereocenters. The number of nitrogens with two attached hydrogens (primary N) is 1. The number of fused-ring (bicyclic) bond motifs is 2. The van der Waals surface area contributed by atoms with Gasteiger partial charge in [-0.25, -0.2) is 4.98 Å². The number of aryl methyl sites for hydroxylation is 1. The highest BCUT2D eigenvalue weighted by atomic mass is 32.1. The van der Waals surface area contributed by atoms with Crippen LogP contribution in [0.2, 0.25) is 0 Å². The smallest absolute Gasteiger partial charge is 0.263 e. The number of nitrogens with one attached hydrogen (secondary N) is 1. The lowest BCUT2D eigenvalue weighted by molar-refractivity contribution is 0.0956. The Hall–Kier alpha value is -2.70. The first-order valence-corrected chi connectivity index (χ1v) is 11.4. The SMILES string of the molecule is Nc1c(C(=O)NCc2cccs2)sc2nc3c(cc12)CC(c1ccccc1)CC3. The number of nitrogens with zero attached hydrogens (tertiary/aromatic N) is 1. The summed E-state index contributed by atoms with van der Waals surface area (Å²) in [6.07, 6.45) is 3.03. The molecule has 6 heteroatoms. The molecule has 5 rings (SSSR count). The summed E-state index contributed by atoms with van der Waals surface area (Å²) in [6.45, 7) is 0.521. The molecule has 4 aromatic rings. The lowest BCUT2D eigenvalue weighted by atomic mass is 9.82. The zero-order valence-electron chi connectivity index (χ0n) is 15.9. The van der Waals surface area contributed by atoms with Gasteiger partial charge in [0.05, 0.1) is 12.2 Å². The van der Waals surface area contributed by atoms with Crippen molar-refractivity contribution in [2.24, 2.45) is 0 Å². The van der Waals surface area contributed by atoms with Crippen molar-refractivity contribution in [3.05, 3.63) is 80.5 Å². The maximum atomic E-state index is 12.7. The van der Waals surface area contributed by atoms with Crippen LogP contribution in [0.5, 0.6) is 0 Å². The summed E-state index contributed by atoms with van der Waals surface area (Å²) in [5.41, 5.74) is 10.7. The first-order chi connectivity index (χ1) is 14.2. The molecule has 3 aromatic heterocycles. The maximum absolute atomic E-state index is 12.7. The summed E-state index contributed by atoms with van der Waals surface area (Å²) >= 11 is 3.02. The van der Waals surface area contributed by atoms with E-state index in [2.05, 4.69) is 41.7 Å². The molecule has 1 aliphatic carbocycles. The number of aromatic nitrogens is 1. The molecule has 1 amide bonds. The van der Waals surface area contributed by atoms with Gasteiger partial charge in [0.2, 0.25) is 0 Å². The summed E-state index contributed by atoms with van der Waals surface area (Å²) in [4.78, 5) is 20.1. The van der Waals surface area contributed by atoms with Crippen LogP contribution in [-0.2, 0) is 19.4 Å². The van der Waals surface area contributed by atoms with Crippen LogP contribution in [0.15, 0.2) is 53.9 Å². The van der Waals surface area contributed by atoms with Crippen molar-refractivity contribution >= 4 is 44.5 Å². The van der Waals surface area contributed by atoms with Crippen molar-refractivity contribution in [3.8, 4) is 0 Å². The van der Waals surface area contributed by atoms with Crippen LogP contribution in [0.1, 0.15) is 43.7 Å². The van der Waals surface area contributed by atoms with Gasteiger partial charge in [-0.15, -0.1) is 22.7 Å². The molecule has 0 saturated heterocycles. The largest absolute Gasteiger partial charge is 0.397 e. The molecule has 29 heavy (non-hydrogen) atoms. The number of anilines is 1. The van der Waals surface area contributed by atoms with Gasteiger partial charge in [0.25, 0.3) is 5.91 Å². The van der Waals surface area contributed by atoms with E-state index < -0.39 is 0 Å². The van der Waals surface area contributed by atoms with E-state index in [1.165, 1.54) is 22.5 Å². The number of carbonyl (C=O) groups is 1. The van der Waals surface area contributed by atoms with Gasteiger partial charge in [0, 0.05) is 16.0 Å². The Balaban J connectivity index is 1.42. The molecule has 3 N–H and O–H groups in total. The molecule has 0 saturated carbocycles. The Morgan fingerprint density at radius 1 is 1.21 bits per heavy atom. The van der Waals surface area contributed by atoms with Gasteiger partial charge in [0.15, 0.2) is 0 Å². The fourth-order valence-corrected chi connectivity index (χ4v) is 5.69. The topological polar surface area (TPSA) is 68.0 Å². The van der Waals surface area contributed by atoms with Gasteiger partial charge >= 0.3 is 0 Å². The number of thiophene rings is 2. The Bertz CT molecular complexity index is 1170. The minimum atomic E-state index is -0.126. The molecule has 1 atom stereocenters. The third kappa shape index (κ3) is 3.54. The van der Waals surface area contributed by atoms with Crippen LogP contribution in [0, 0.1) is 0 Å². The van der Waals surface area contributed by atoms with Gasteiger partial charge in [-0.2, -0.15) is 0 Å². The molecule has 0 bridgehead atoms. The van der Waals surface area contributed by atoms with Gasteiger partial charge in [-0.05, 0) is 53.8 Å². The molecule has 3 heterocycles. The Morgan fingerprint density at radius 3 is 2.86 bits per heavy atom. The highest BCUT2D eigenvalue weighted by Gasteiger charge is 2.24. The molecular formula is C23H21N3OS2. The van der Waals surface area contributed by atoms with Crippen molar-refractivity contribution in [1.29, 1.82) is 0 Å². The first kappa shape index (κ1) is 18.3. The molecule has 4 nitrogen and oxygen atoms in total. The predicted molar refractivity (Wildman–Crippen MR) is 121 cm³/mol. The second-order valence-electron chi connectivity index (χ2n) is 7.40. The molecule has 0 fully saturated rings. The second-order valence-corrected chi connectivity index (χ2v) is 9.44. The van der Waals surface area contributed by atoms with Gasteiger partial charge in [-0.1, -0.05) is 36.4 Å². The van der Waals surface area contributed by atoms with Crippen LogP contribution in [0.3, 0.4) is 0 Å². The minimum absolute atomic E-state index is 0.126. The van der Waals surface area contributed by atoms with E-state index in [0.717, 1.165) is 40.1 Å². The van der Waals surface area contributed by atoms with Crippen molar-refractivity contribution in [3.63, 3.8) is 0 Å². The Morgan fingerprint density at radius 2 is 2.07 bits per heavy atom. The number of hydrogen-bond donors (Lipinski definition) is 2. The average molecular weight is 420 g/mol. The van der Waals surface area contributed by atoms with E-state index in [-0.39, 0.29) is 5.91 Å². The van der Waals surface area contributed by atoms with Crippen LogP contribution in [0.4, 0.5) is 5.69 Å². The fourth-order valence-electron chi connectivity index (χ4n) is 4.03. The van der Waals surface area contributed by atoms with E-state index in [9.17, 15) is 4.79 Å². The predicted octanol–water partition coefficient (Wildman–Crippen LogP) is 5.14. The quantitative estimate of drug-likeness (QED) is 0.481. The Kier molecular flexibility index (Phi) is 4.81. The second kappa shape index (κ2) is 7.61. The highest BCUT2D eigenvalue weighted by Crippen LogP contribution is 2.38. The van der Waals surface area contributed by atoms with Gasteiger partial charge in [0.1, 0.15) is 9.71 Å². The van der Waals surface area contributed by atoms with E-state index >= 15 is 0 Å². The van der Waals surface area contributed by atoms with Crippen LogP contribution in [-0.4, -0.2) is 10.9 Å². The van der Waals surface area contributed by atoms with Gasteiger partial charge < -0.3 is 11.1 Å². The first-order valence-electron chi connectivity index (χ1n) is 9.75. The van der Waals surface area contributed by atoms with Crippen LogP contribution < -0.4 is 11.1 Å². The number of carbonyl (C=O) groups excluding carboxylic acids is 1. The molecule has 0 spiro atoms. The van der Waals surface area contributed by atoms with E-state index in [1.807, 2.05) is 17.5 Å². The van der Waals surface area contributed by atoms with Crippen molar-refractivity contribution < 1.29 is 4.79 Å². The number of nitrogen functional groups attached to an aromatic ring is 1. The number of benzene rings is 1. The molecule has 1 aliphatic rings. The fraction of sp³-hybridized carbons (Fsp3) is 0.217. The molecule has 1 aromatic carbocycles. The molecule has 0 aliphatic heterocycles. The average Bonchev–Trinajstić information content (AvgIpc) is 3.39. The van der Waals surface area contributed by atoms with E-state index in [1.54, 1.807) is 11.3 Å². The monoisotopic (exact) mass is 419 g/mol. The summed E-state index contributed by atoms with van der Waals surface area (Å²) in [5.74, 6) is 0.385. The third-order valence-electron chi connectivity index (χ3n) is 5.57. The summed E-state index contributed by atoms with van der Waals surface area (Å²) in [7, 11) is 0. The normalized spacial score (nSPS) is 15.9. The summed E-state index contributed by atoms with van der Waals surface area (Å²) in [6, 6.07) is 16.8. The molecule has 146 valence electrons. The third-order valence-corrected chi connectivity index (χ3v) is 7.56. The zero-order chi connectivity index (χ0) is 19.8. The maximum Gasteiger partial charge on any atom is 0.263 e. The van der Waals surface area contributed by atoms with Crippen LogP contribution >= 0.6 is 22.7 Å². The lowest BCUT2D eigenvalue weighted by Gasteiger charge is -2.24. The van der Waals surface area contributed by atoms with Crippen molar-refractivity contribution in [1.82, 2.24) is 10.3 Å². The number of pyridine rings is 1. The molecule has 0 radical (unpaired) electrons. The number of amides is 1. The number of rotatable bonds is 4. The zero-order valence-corrected chi connectivity index (χ0v) is 17.5. The summed E-state index contributed by atoms with van der Waals surface area (Å²) in [5, 5.41) is 5.89. The standard InChI is InChI=1S/C23H21N3OS2/c24-20-18-12-16-11-15(14-5-2-1-3-6-14)8-9-19(16)26-23(18)29-21(20)22(27)25-13-17-7-4-10-28-17/h1-7,10,12,15H,8-9,11,13,24H2,(H,25,27). The molecular weight excluding hydrogens is 398 g/mol. The van der Waals surface area contributed by atoms with Crippen molar-refractivity contribution in [2.75, 3.05) is 5.73 Å². The van der Waals surface area contributed by atoms with E-state index in [0.29, 0.717) is 23.0 Å². The van der Waals surface area contributed by atoms with Gasteiger partial charge in [-0.3, -0.25) is 4.79 Å². The van der Waals surface area contributed by atoms with Crippen LogP contribution in [0.25, 0.3) is 10.2 Å².